The van der Waals surface area contributed by atoms with Crippen molar-refractivity contribution in [1.82, 2.24) is 0 Å². The molecule has 0 aliphatic heterocycles. The molecule has 1 rings (SSSR count). The molecule has 1 aromatic rings. The lowest BCUT2D eigenvalue weighted by Gasteiger charge is -2.05. The molecule has 0 bridgehead atoms. The van der Waals surface area contributed by atoms with Crippen LogP contribution in [0.25, 0.3) is 0 Å². The highest BCUT2D eigenvalue weighted by atomic mass is 32.2. The fraction of sp³-hybridized carbons (Fsp3) is 0.200. The van der Waals surface area contributed by atoms with Crippen molar-refractivity contribution in [3.05, 3.63) is 36.9 Å². The van der Waals surface area contributed by atoms with Gasteiger partial charge in [-0.1, -0.05) is 18.2 Å². The largest absolute Gasteiger partial charge is 0.496 e. The van der Waals surface area contributed by atoms with Crippen LogP contribution in [0.15, 0.2) is 41.8 Å². The molecule has 0 aromatic heterocycles. The van der Waals surface area contributed by atoms with Crippen LogP contribution in [0.5, 0.6) is 5.75 Å². The van der Waals surface area contributed by atoms with E-state index in [9.17, 15) is 0 Å². The normalized spacial score (nSPS) is 13.2. The minimum Gasteiger partial charge on any atom is -0.496 e. The quantitative estimate of drug-likeness (QED) is 0.521. The second kappa shape index (κ2) is 4.88. The van der Waals surface area contributed by atoms with E-state index >= 15 is 0 Å². The minimum absolute atomic E-state index is 0.337. The van der Waals surface area contributed by atoms with Crippen molar-refractivity contribution >= 4 is 11.8 Å². The molecule has 1 aromatic carbocycles. The Balaban J connectivity index is 2.80. The van der Waals surface area contributed by atoms with E-state index in [1.165, 1.54) is 11.8 Å². The number of ether oxygens (including phenoxy) is 1. The third-order valence-electron chi connectivity index (χ3n) is 1.36. The second-order valence-corrected chi connectivity index (χ2v) is 3.09. The van der Waals surface area contributed by atoms with Crippen molar-refractivity contribution in [1.29, 1.82) is 0 Å². The van der Waals surface area contributed by atoms with Gasteiger partial charge in [-0.15, -0.1) is 18.3 Å². The molecule has 0 aliphatic rings. The van der Waals surface area contributed by atoms with Crippen LogP contribution in [-0.4, -0.2) is 12.8 Å². The van der Waals surface area contributed by atoms with Gasteiger partial charge in [-0.3, -0.25) is 0 Å². The SMILES string of the molecule is [2H]C(C=C)Sc1ccccc1OC. The lowest BCUT2D eigenvalue weighted by molar-refractivity contribution is 0.405. The predicted octanol–water partition coefficient (Wildman–Crippen LogP) is 2.97. The number of methoxy groups -OCH3 is 1. The summed E-state index contributed by atoms with van der Waals surface area (Å²) in [5.41, 5.74) is -0.337. The van der Waals surface area contributed by atoms with Gasteiger partial charge in [0.05, 0.1) is 7.11 Å². The second-order valence-electron chi connectivity index (χ2n) is 2.14. The first-order valence-corrected chi connectivity index (χ1v) is 4.50. The molecule has 1 unspecified atom stereocenters. The molecule has 0 fully saturated rings. The minimum atomic E-state index is -0.337. The molecule has 1 atom stereocenters. The van der Waals surface area contributed by atoms with Crippen molar-refractivity contribution in [2.75, 3.05) is 12.8 Å². The topological polar surface area (TPSA) is 9.23 Å². The molecule has 0 aliphatic carbocycles. The Morgan fingerprint density at radius 2 is 2.42 bits per heavy atom. The summed E-state index contributed by atoms with van der Waals surface area (Å²) in [4.78, 5) is 0.977. The Kier molecular flexibility index (Phi) is 3.15. The van der Waals surface area contributed by atoms with Gasteiger partial charge in [0.25, 0.3) is 0 Å². The third-order valence-corrected chi connectivity index (χ3v) is 2.28. The van der Waals surface area contributed by atoms with E-state index in [4.69, 9.17) is 6.11 Å². The van der Waals surface area contributed by atoms with Gasteiger partial charge in [-0.25, -0.2) is 0 Å². The summed E-state index contributed by atoms with van der Waals surface area (Å²) in [5.74, 6) is 0.812. The summed E-state index contributed by atoms with van der Waals surface area (Å²) in [6.07, 6.45) is 1.59. The molecule has 64 valence electrons. The van der Waals surface area contributed by atoms with E-state index in [2.05, 4.69) is 6.58 Å². The summed E-state index contributed by atoms with van der Waals surface area (Å²) in [5, 5.41) is 0. The van der Waals surface area contributed by atoms with Gasteiger partial charge in [0, 0.05) is 12.0 Å². The Labute approximate surface area is 78.8 Å². The van der Waals surface area contributed by atoms with Crippen LogP contribution in [0.3, 0.4) is 0 Å². The average Bonchev–Trinajstić information content (AvgIpc) is 2.18. The van der Waals surface area contributed by atoms with Crippen molar-refractivity contribution in [2.45, 2.75) is 4.90 Å². The Morgan fingerprint density at radius 3 is 3.08 bits per heavy atom. The van der Waals surface area contributed by atoms with Gasteiger partial charge < -0.3 is 4.74 Å². The fourth-order valence-corrected chi connectivity index (χ4v) is 1.51. The van der Waals surface area contributed by atoms with Crippen LogP contribution in [0, 0.1) is 0 Å². The fourth-order valence-electron chi connectivity index (χ4n) is 0.838. The van der Waals surface area contributed by atoms with E-state index in [1.807, 2.05) is 24.3 Å². The summed E-state index contributed by atoms with van der Waals surface area (Å²) < 4.78 is 12.7. The number of hydrogen-bond donors (Lipinski definition) is 0. The highest BCUT2D eigenvalue weighted by Crippen LogP contribution is 2.28. The first-order valence-electron chi connectivity index (χ1n) is 4.20. The predicted molar refractivity (Wildman–Crippen MR) is 53.9 cm³/mol. The van der Waals surface area contributed by atoms with E-state index in [0.717, 1.165) is 10.6 Å². The average molecular weight is 181 g/mol. The molecule has 0 heterocycles. The van der Waals surface area contributed by atoms with Crippen molar-refractivity contribution < 1.29 is 6.11 Å². The van der Waals surface area contributed by atoms with Crippen LogP contribution in [-0.2, 0) is 0 Å². The van der Waals surface area contributed by atoms with Gasteiger partial charge in [-0.05, 0) is 12.1 Å². The molecule has 0 saturated heterocycles. The molecule has 1 nitrogen and oxygen atoms in total. The smallest absolute Gasteiger partial charge is 0.132 e. The van der Waals surface area contributed by atoms with Crippen molar-refractivity contribution in [3.63, 3.8) is 0 Å². The molecule has 12 heavy (non-hydrogen) atoms. The molecular weight excluding hydrogens is 168 g/mol. The molecule has 0 N–H and O–H groups in total. The van der Waals surface area contributed by atoms with E-state index in [-0.39, 0.29) is 5.73 Å². The molecule has 0 spiro atoms. The first kappa shape index (κ1) is 7.74. The van der Waals surface area contributed by atoms with Crippen LogP contribution >= 0.6 is 11.8 Å². The number of para-hydroxylation sites is 1. The maximum atomic E-state index is 7.52. The van der Waals surface area contributed by atoms with Gasteiger partial charge in [0.15, 0.2) is 0 Å². The summed E-state index contributed by atoms with van der Waals surface area (Å²) in [7, 11) is 1.63. The van der Waals surface area contributed by atoms with Gasteiger partial charge in [0.1, 0.15) is 5.75 Å². The summed E-state index contributed by atoms with van der Waals surface area (Å²) in [6, 6.07) is 7.67. The zero-order valence-corrected chi connectivity index (χ0v) is 7.80. The first-order chi connectivity index (χ1) is 6.27. The maximum absolute atomic E-state index is 7.52. The van der Waals surface area contributed by atoms with Crippen molar-refractivity contribution in [2.24, 2.45) is 0 Å². The van der Waals surface area contributed by atoms with E-state index in [0.29, 0.717) is 0 Å². The molecular formula is C10H12OS. The number of benzene rings is 1. The highest BCUT2D eigenvalue weighted by Gasteiger charge is 1.99. The Hall–Kier alpha value is -0.890. The number of thioether (sulfide) groups is 1. The number of hydrogen-bond acceptors (Lipinski definition) is 2. The van der Waals surface area contributed by atoms with E-state index in [1.54, 1.807) is 13.2 Å². The molecule has 0 radical (unpaired) electrons. The summed E-state index contributed by atoms with van der Waals surface area (Å²) >= 11 is 1.42. The van der Waals surface area contributed by atoms with Crippen LogP contribution in [0.2, 0.25) is 0 Å². The van der Waals surface area contributed by atoms with Crippen LogP contribution in [0.4, 0.5) is 0 Å². The lowest BCUT2D eigenvalue weighted by Crippen LogP contribution is -1.85. The van der Waals surface area contributed by atoms with Gasteiger partial charge >= 0.3 is 0 Å². The summed E-state index contributed by atoms with van der Waals surface area (Å²) in [6.45, 7) is 3.56. The molecule has 2 heteroatoms. The standard InChI is InChI=1S/C10H12OS/c1-3-8-12-10-7-5-4-6-9(10)11-2/h3-7H,1,8H2,2H3/i8D. The maximum Gasteiger partial charge on any atom is 0.132 e. The Bertz CT molecular complexity index is 288. The van der Waals surface area contributed by atoms with Crippen molar-refractivity contribution in [3.8, 4) is 5.75 Å². The lowest BCUT2D eigenvalue weighted by atomic mass is 10.3. The van der Waals surface area contributed by atoms with Crippen LogP contribution in [0.1, 0.15) is 1.37 Å². The monoisotopic (exact) mass is 181 g/mol. The zero-order chi connectivity index (χ0) is 9.68. The molecule has 0 amide bonds. The van der Waals surface area contributed by atoms with E-state index < -0.39 is 0 Å². The highest BCUT2D eigenvalue weighted by molar-refractivity contribution is 7.99. The van der Waals surface area contributed by atoms with Crippen LogP contribution < -0.4 is 4.74 Å². The zero-order valence-electron chi connectivity index (χ0n) is 7.99. The Morgan fingerprint density at radius 1 is 1.67 bits per heavy atom. The molecule has 0 saturated carbocycles. The number of rotatable bonds is 4. The van der Waals surface area contributed by atoms with Gasteiger partial charge in [0.2, 0.25) is 0 Å². The third kappa shape index (κ3) is 2.31. The van der Waals surface area contributed by atoms with Gasteiger partial charge in [-0.2, -0.15) is 0 Å².